The van der Waals surface area contributed by atoms with E-state index in [1.165, 1.54) is 167 Å². The van der Waals surface area contributed by atoms with Crippen molar-refractivity contribution >= 4 is 39.5 Å². The molecular weight excluding hydrogens is 1230 g/mol. The van der Waals surface area contributed by atoms with E-state index in [0.717, 1.165) is 120 Å². The minimum absolute atomic E-state index is 0.105. The van der Waals surface area contributed by atoms with Gasteiger partial charge in [0.1, 0.15) is 19.3 Å². The van der Waals surface area contributed by atoms with Gasteiger partial charge in [-0.1, -0.05) is 325 Å². The first kappa shape index (κ1) is 92.1. The van der Waals surface area contributed by atoms with Gasteiger partial charge in [-0.15, -0.1) is 0 Å². The van der Waals surface area contributed by atoms with E-state index in [0.29, 0.717) is 31.6 Å². The number of hydrogen-bond acceptors (Lipinski definition) is 15. The highest BCUT2D eigenvalue weighted by molar-refractivity contribution is 7.47. The van der Waals surface area contributed by atoms with E-state index >= 15 is 0 Å². The number of aliphatic hydroxyl groups excluding tert-OH is 1. The molecule has 6 atom stereocenters. The van der Waals surface area contributed by atoms with E-state index in [1.807, 2.05) is 0 Å². The van der Waals surface area contributed by atoms with E-state index in [2.05, 4.69) is 55.4 Å². The van der Waals surface area contributed by atoms with Crippen molar-refractivity contribution in [2.45, 2.75) is 395 Å². The lowest BCUT2D eigenvalue weighted by molar-refractivity contribution is -0.161. The molecule has 0 aliphatic heterocycles. The maximum absolute atomic E-state index is 13.0. The van der Waals surface area contributed by atoms with Crippen LogP contribution in [0.1, 0.15) is 376 Å². The summed E-state index contributed by atoms with van der Waals surface area (Å²) in [7, 11) is -9.91. The highest BCUT2D eigenvalue weighted by atomic mass is 31.2. The molecule has 0 heterocycles. The third-order valence-electron chi connectivity index (χ3n) is 17.7. The molecule has 0 saturated heterocycles. The number of phosphoric ester groups is 2. The van der Waals surface area contributed by atoms with Gasteiger partial charge in [0.25, 0.3) is 0 Å². The summed E-state index contributed by atoms with van der Waals surface area (Å²) in [6.07, 6.45) is 48.9. The van der Waals surface area contributed by atoms with Crippen LogP contribution in [-0.4, -0.2) is 96.7 Å². The van der Waals surface area contributed by atoms with Crippen LogP contribution >= 0.6 is 15.6 Å². The molecule has 0 aliphatic carbocycles. The standard InChI is InChI=1S/C75H146O17P2/c1-9-68(8)54-46-38-32-34-40-48-56-73(78)86-62-71(92-75(80)58-50-42-30-26-22-18-20-24-28-36-44-52-66(4)5)64-90-94(83,84)88-60-69(76)59-87-93(81,82)89-63-70(61-85-72(77)55-47-39-33-31-37-45-53-67(6)7)91-74(79)57-49-41-29-25-21-17-15-13-11-10-12-14-16-19-23-27-35-43-51-65(2)3/h65-71,76H,9-64H2,1-8H3,(H,81,82)(H,83,84)/t68?,69?,70-,71-/m1/s1. The van der Waals surface area contributed by atoms with Crippen molar-refractivity contribution in [2.75, 3.05) is 39.6 Å². The molecule has 0 aliphatic rings. The molecule has 0 rings (SSSR count). The van der Waals surface area contributed by atoms with Crippen LogP contribution in [0.15, 0.2) is 0 Å². The molecule has 0 saturated carbocycles. The lowest BCUT2D eigenvalue weighted by Gasteiger charge is -2.21. The Balaban J connectivity index is 5.16. The van der Waals surface area contributed by atoms with Gasteiger partial charge in [-0.25, -0.2) is 9.13 Å². The molecule has 0 bridgehead atoms. The van der Waals surface area contributed by atoms with Gasteiger partial charge in [0.05, 0.1) is 26.4 Å². The third kappa shape index (κ3) is 67.3. The van der Waals surface area contributed by atoms with Crippen LogP contribution in [0.3, 0.4) is 0 Å². The quantitative estimate of drug-likeness (QED) is 0.0222. The number of phosphoric acid groups is 2. The van der Waals surface area contributed by atoms with E-state index in [-0.39, 0.29) is 25.7 Å². The Morgan fingerprint density at radius 2 is 0.511 bits per heavy atom. The minimum Gasteiger partial charge on any atom is -0.462 e. The van der Waals surface area contributed by atoms with Crippen LogP contribution in [0.4, 0.5) is 0 Å². The van der Waals surface area contributed by atoms with Gasteiger partial charge in [-0.2, -0.15) is 0 Å². The molecule has 19 heteroatoms. The second-order valence-electron chi connectivity index (χ2n) is 28.7. The van der Waals surface area contributed by atoms with Crippen LogP contribution in [-0.2, 0) is 65.4 Å². The SMILES string of the molecule is CCC(C)CCCCCCCCC(=O)OC[C@H](COP(=O)(O)OCC(O)COP(=O)(O)OC[C@@H](COC(=O)CCCCCCCCC(C)C)OC(=O)CCCCCCCCCCCCCCCCCCCCC(C)C)OC(=O)CCCCCCCCCCCCCC(C)C. The summed E-state index contributed by atoms with van der Waals surface area (Å²) >= 11 is 0. The predicted molar refractivity (Wildman–Crippen MR) is 381 cm³/mol. The number of carbonyl (C=O) groups excluding carboxylic acids is 4. The van der Waals surface area contributed by atoms with Crippen molar-refractivity contribution in [3.8, 4) is 0 Å². The molecule has 17 nitrogen and oxygen atoms in total. The smallest absolute Gasteiger partial charge is 0.462 e. The van der Waals surface area contributed by atoms with Gasteiger partial charge < -0.3 is 33.8 Å². The summed E-state index contributed by atoms with van der Waals surface area (Å²) in [5.41, 5.74) is 0. The van der Waals surface area contributed by atoms with Gasteiger partial charge in [0.2, 0.25) is 0 Å². The lowest BCUT2D eigenvalue weighted by Crippen LogP contribution is -2.30. The van der Waals surface area contributed by atoms with E-state index < -0.39 is 97.5 Å². The number of aliphatic hydroxyl groups is 1. The summed E-state index contributed by atoms with van der Waals surface area (Å²) in [6.45, 7) is 14.1. The van der Waals surface area contributed by atoms with Gasteiger partial charge >= 0.3 is 39.5 Å². The van der Waals surface area contributed by atoms with Crippen molar-refractivity contribution in [2.24, 2.45) is 23.7 Å². The van der Waals surface area contributed by atoms with Crippen molar-refractivity contribution in [1.29, 1.82) is 0 Å². The second-order valence-corrected chi connectivity index (χ2v) is 31.6. The number of carbonyl (C=O) groups is 4. The van der Waals surface area contributed by atoms with Gasteiger partial charge in [-0.05, 0) is 49.4 Å². The molecule has 3 N–H and O–H groups in total. The van der Waals surface area contributed by atoms with Crippen molar-refractivity contribution < 1.29 is 80.2 Å². The Bertz CT molecular complexity index is 1850. The van der Waals surface area contributed by atoms with Gasteiger partial charge in [-0.3, -0.25) is 37.3 Å². The Labute approximate surface area is 575 Å². The first-order chi connectivity index (χ1) is 45.1. The van der Waals surface area contributed by atoms with Crippen LogP contribution in [0.5, 0.6) is 0 Å². The minimum atomic E-state index is -4.96. The van der Waals surface area contributed by atoms with Gasteiger partial charge in [0, 0.05) is 25.7 Å². The Kier molecular flexibility index (Phi) is 63.1. The molecule has 0 spiro atoms. The molecule has 94 heavy (non-hydrogen) atoms. The summed E-state index contributed by atoms with van der Waals surface area (Å²) < 4.78 is 68.4. The van der Waals surface area contributed by atoms with Crippen LogP contribution in [0, 0.1) is 23.7 Å². The Hall–Kier alpha value is -1.94. The fourth-order valence-electron chi connectivity index (χ4n) is 11.3. The third-order valence-corrected chi connectivity index (χ3v) is 19.6. The van der Waals surface area contributed by atoms with Crippen molar-refractivity contribution in [3.63, 3.8) is 0 Å². The second kappa shape index (κ2) is 64.4. The maximum Gasteiger partial charge on any atom is 0.472 e. The average molecular weight is 1380 g/mol. The number of ether oxygens (including phenoxy) is 4. The molecule has 0 amide bonds. The molecule has 4 unspecified atom stereocenters. The van der Waals surface area contributed by atoms with E-state index in [9.17, 15) is 43.2 Å². The summed E-state index contributed by atoms with van der Waals surface area (Å²) in [5, 5.41) is 10.6. The maximum atomic E-state index is 13.0. The van der Waals surface area contributed by atoms with Crippen LogP contribution in [0.25, 0.3) is 0 Å². The van der Waals surface area contributed by atoms with E-state index in [1.54, 1.807) is 0 Å². The van der Waals surface area contributed by atoms with Gasteiger partial charge in [0.15, 0.2) is 12.2 Å². The molecular formula is C75H146O17P2. The van der Waals surface area contributed by atoms with E-state index in [4.69, 9.17) is 37.0 Å². The summed E-state index contributed by atoms with van der Waals surface area (Å²) in [6, 6.07) is 0. The zero-order valence-corrected chi connectivity index (χ0v) is 63.4. The van der Waals surface area contributed by atoms with Crippen molar-refractivity contribution in [3.05, 3.63) is 0 Å². The topological polar surface area (TPSA) is 237 Å². The summed E-state index contributed by atoms with van der Waals surface area (Å²) in [4.78, 5) is 72.7. The average Bonchev–Trinajstić information content (AvgIpc) is 1.45. The van der Waals surface area contributed by atoms with Crippen LogP contribution < -0.4 is 0 Å². The molecule has 0 aromatic rings. The Morgan fingerprint density at radius 1 is 0.298 bits per heavy atom. The lowest BCUT2D eigenvalue weighted by atomic mass is 10.00. The summed E-state index contributed by atoms with van der Waals surface area (Å²) in [5.74, 6) is 0.869. The molecule has 558 valence electrons. The molecule has 0 aromatic heterocycles. The molecule has 0 aromatic carbocycles. The monoisotopic (exact) mass is 1380 g/mol. The number of rotatable bonds is 72. The van der Waals surface area contributed by atoms with Crippen molar-refractivity contribution in [1.82, 2.24) is 0 Å². The first-order valence-corrected chi connectivity index (χ1v) is 41.7. The number of esters is 4. The largest absolute Gasteiger partial charge is 0.472 e. The predicted octanol–water partition coefficient (Wildman–Crippen LogP) is 21.7. The number of unbranched alkanes of at least 4 members (excludes halogenated alkanes) is 37. The molecule has 0 radical (unpaired) electrons. The van der Waals surface area contributed by atoms with Crippen LogP contribution in [0.2, 0.25) is 0 Å². The highest BCUT2D eigenvalue weighted by Crippen LogP contribution is 2.45. The normalized spacial score (nSPS) is 14.4. The zero-order chi connectivity index (χ0) is 69.6. The molecule has 0 fully saturated rings. The fourth-order valence-corrected chi connectivity index (χ4v) is 12.9. The first-order valence-electron chi connectivity index (χ1n) is 38.7. The number of hydrogen-bond donors (Lipinski definition) is 3. The Morgan fingerprint density at radius 3 is 0.755 bits per heavy atom. The fraction of sp³-hybridized carbons (Fsp3) is 0.947. The highest BCUT2D eigenvalue weighted by Gasteiger charge is 2.30. The zero-order valence-electron chi connectivity index (χ0n) is 61.6.